The molecule has 1 fully saturated rings. The molecule has 3 heterocycles. The number of ether oxygens (including phenoxy) is 3. The summed E-state index contributed by atoms with van der Waals surface area (Å²) in [6.07, 6.45) is -0.731. The van der Waals surface area contributed by atoms with Crippen molar-refractivity contribution >= 4 is 28.6 Å². The second-order valence-corrected chi connectivity index (χ2v) is 8.23. The van der Waals surface area contributed by atoms with Crippen LogP contribution in [0.5, 0.6) is 0 Å². The van der Waals surface area contributed by atoms with Crippen LogP contribution in [0.1, 0.15) is 34.6 Å². The van der Waals surface area contributed by atoms with Crippen LogP contribution in [-0.2, 0) is 25.4 Å². The summed E-state index contributed by atoms with van der Waals surface area (Å²) in [4.78, 5) is 15.1. The molecule has 0 bridgehead atoms. The molecule has 1 aliphatic rings. The van der Waals surface area contributed by atoms with Crippen molar-refractivity contribution in [3.8, 4) is 0 Å². The van der Waals surface area contributed by atoms with Crippen LogP contribution in [0.4, 0.5) is 0 Å². The summed E-state index contributed by atoms with van der Waals surface area (Å²) in [7, 11) is 0. The van der Waals surface area contributed by atoms with E-state index in [0.29, 0.717) is 13.0 Å². The van der Waals surface area contributed by atoms with Crippen LogP contribution in [-0.4, -0.2) is 18.2 Å². The monoisotopic (exact) mass is 400 g/mol. The Labute approximate surface area is 166 Å². The van der Waals surface area contributed by atoms with Crippen molar-refractivity contribution in [2.24, 2.45) is 0 Å². The predicted molar refractivity (Wildman–Crippen MR) is 106 cm³/mol. The van der Waals surface area contributed by atoms with Gasteiger partial charge in [-0.2, -0.15) is 0 Å². The van der Waals surface area contributed by atoms with E-state index in [0.717, 1.165) is 15.3 Å². The first kappa shape index (κ1) is 18.4. The van der Waals surface area contributed by atoms with Crippen LogP contribution in [0, 0.1) is 0 Å². The Kier molecular flexibility index (Phi) is 5.41. The van der Waals surface area contributed by atoms with Gasteiger partial charge in [-0.1, -0.05) is 42.5 Å². The Morgan fingerprint density at radius 2 is 1.74 bits per heavy atom. The number of rotatable bonds is 6. The quantitative estimate of drug-likeness (QED) is 0.538. The standard InChI is InChI=1S/C21H20O4S2/c1-2-23-20(22)21(14-15-8-4-3-5-9-15)18(16-10-6-12-26-16)24-19(25-21)17-11-7-13-27-17/h3-13,18-19H,2,14H2,1H3/t18-,19-,21-/m1/s1. The topological polar surface area (TPSA) is 44.8 Å². The first-order valence-corrected chi connectivity index (χ1v) is 10.6. The molecule has 140 valence electrons. The van der Waals surface area contributed by atoms with Gasteiger partial charge in [0.15, 0.2) is 6.29 Å². The summed E-state index contributed by atoms with van der Waals surface area (Å²) in [6, 6.07) is 17.7. The Balaban J connectivity index is 1.77. The van der Waals surface area contributed by atoms with Crippen molar-refractivity contribution in [3.05, 3.63) is 80.7 Å². The highest BCUT2D eigenvalue weighted by Gasteiger charge is 2.58. The molecule has 0 N–H and O–H groups in total. The number of benzene rings is 1. The van der Waals surface area contributed by atoms with Gasteiger partial charge in [0.05, 0.1) is 11.5 Å². The fourth-order valence-electron chi connectivity index (χ4n) is 3.32. The number of thiophene rings is 2. The third kappa shape index (κ3) is 3.58. The summed E-state index contributed by atoms with van der Waals surface area (Å²) in [6.45, 7) is 2.10. The second kappa shape index (κ2) is 7.94. The number of hydrogen-bond donors (Lipinski definition) is 0. The van der Waals surface area contributed by atoms with E-state index in [9.17, 15) is 4.79 Å². The molecule has 1 saturated heterocycles. The van der Waals surface area contributed by atoms with Gasteiger partial charge < -0.3 is 14.2 Å². The lowest BCUT2D eigenvalue weighted by Gasteiger charge is -2.30. The van der Waals surface area contributed by atoms with Gasteiger partial charge in [0.25, 0.3) is 0 Å². The number of hydrogen-bond acceptors (Lipinski definition) is 6. The van der Waals surface area contributed by atoms with E-state index >= 15 is 0 Å². The van der Waals surface area contributed by atoms with Gasteiger partial charge >= 0.3 is 5.97 Å². The zero-order valence-electron chi connectivity index (χ0n) is 14.9. The minimum atomic E-state index is -1.23. The number of carbonyl (C=O) groups excluding carboxylic acids is 1. The summed E-state index contributed by atoms with van der Waals surface area (Å²) in [5.74, 6) is -0.383. The summed E-state index contributed by atoms with van der Waals surface area (Å²) < 4.78 is 18.1. The van der Waals surface area contributed by atoms with Crippen LogP contribution >= 0.6 is 22.7 Å². The van der Waals surface area contributed by atoms with Gasteiger partial charge in [0, 0.05) is 11.3 Å². The van der Waals surface area contributed by atoms with Crippen LogP contribution in [0.15, 0.2) is 65.4 Å². The Hall–Kier alpha value is -1.99. The maximum atomic E-state index is 13.2. The second-order valence-electron chi connectivity index (χ2n) is 6.27. The minimum Gasteiger partial charge on any atom is -0.464 e. The van der Waals surface area contributed by atoms with Crippen LogP contribution in [0.25, 0.3) is 0 Å². The van der Waals surface area contributed by atoms with Crippen LogP contribution < -0.4 is 0 Å². The fourth-order valence-corrected chi connectivity index (χ4v) is 4.84. The normalized spacial score (nSPS) is 24.8. The van der Waals surface area contributed by atoms with Gasteiger partial charge in [-0.15, -0.1) is 22.7 Å². The lowest BCUT2D eigenvalue weighted by molar-refractivity contribution is -0.173. The molecular formula is C21H20O4S2. The van der Waals surface area contributed by atoms with Gasteiger partial charge in [-0.05, 0) is 35.4 Å². The third-order valence-electron chi connectivity index (χ3n) is 4.51. The average molecular weight is 401 g/mol. The maximum Gasteiger partial charge on any atom is 0.342 e. The van der Waals surface area contributed by atoms with E-state index in [-0.39, 0.29) is 5.97 Å². The van der Waals surface area contributed by atoms with Crippen LogP contribution in [0.2, 0.25) is 0 Å². The molecule has 4 nitrogen and oxygen atoms in total. The summed E-state index contributed by atoms with van der Waals surface area (Å²) in [5.41, 5.74) is -0.223. The molecule has 3 aromatic rings. The molecule has 0 amide bonds. The largest absolute Gasteiger partial charge is 0.464 e. The van der Waals surface area contributed by atoms with Crippen molar-refractivity contribution < 1.29 is 19.0 Å². The zero-order chi connectivity index (χ0) is 18.7. The molecule has 4 rings (SSSR count). The van der Waals surface area contributed by atoms with Crippen molar-refractivity contribution in [1.29, 1.82) is 0 Å². The van der Waals surface area contributed by atoms with Crippen molar-refractivity contribution in [1.82, 2.24) is 0 Å². The summed E-state index contributed by atoms with van der Waals surface area (Å²) >= 11 is 3.11. The number of carbonyl (C=O) groups is 1. The summed E-state index contributed by atoms with van der Waals surface area (Å²) in [5, 5.41) is 3.96. The first-order valence-electron chi connectivity index (χ1n) is 8.84. The van der Waals surface area contributed by atoms with Gasteiger partial charge in [0.2, 0.25) is 5.60 Å². The molecule has 6 heteroatoms. The zero-order valence-corrected chi connectivity index (χ0v) is 16.5. The molecular weight excluding hydrogens is 380 g/mol. The lowest BCUT2D eigenvalue weighted by Crippen LogP contribution is -2.46. The van der Waals surface area contributed by atoms with Gasteiger partial charge in [-0.25, -0.2) is 4.79 Å². The molecule has 3 atom stereocenters. The average Bonchev–Trinajstić information content (AvgIpc) is 3.43. The van der Waals surface area contributed by atoms with Crippen LogP contribution in [0.3, 0.4) is 0 Å². The molecule has 0 saturated carbocycles. The smallest absolute Gasteiger partial charge is 0.342 e. The Morgan fingerprint density at radius 3 is 2.37 bits per heavy atom. The number of esters is 1. The highest BCUT2D eigenvalue weighted by molar-refractivity contribution is 7.10. The SMILES string of the molecule is CCOC(=O)[C@]1(Cc2ccccc2)O[C@H](c2cccs2)O[C@@H]1c1cccs1. The molecule has 0 spiro atoms. The third-order valence-corrected chi connectivity index (χ3v) is 6.32. The van der Waals surface area contributed by atoms with E-state index in [1.165, 1.54) is 0 Å². The molecule has 2 aromatic heterocycles. The Bertz CT molecular complexity index is 861. The van der Waals surface area contributed by atoms with E-state index in [1.54, 1.807) is 29.6 Å². The predicted octanol–water partition coefficient (Wildman–Crippen LogP) is 5.14. The van der Waals surface area contributed by atoms with E-state index < -0.39 is 18.0 Å². The van der Waals surface area contributed by atoms with Crippen molar-refractivity contribution in [2.45, 2.75) is 31.3 Å². The Morgan fingerprint density at radius 1 is 1.04 bits per heavy atom. The van der Waals surface area contributed by atoms with Gasteiger partial charge in [-0.3, -0.25) is 0 Å². The maximum absolute atomic E-state index is 13.2. The molecule has 1 aliphatic heterocycles. The fraction of sp³-hybridized carbons (Fsp3) is 0.286. The van der Waals surface area contributed by atoms with Crippen molar-refractivity contribution in [3.63, 3.8) is 0 Å². The lowest BCUT2D eigenvalue weighted by atomic mass is 9.88. The van der Waals surface area contributed by atoms with Crippen molar-refractivity contribution in [2.75, 3.05) is 6.61 Å². The van der Waals surface area contributed by atoms with E-state index in [4.69, 9.17) is 14.2 Å². The molecule has 1 aromatic carbocycles. The first-order chi connectivity index (χ1) is 13.2. The molecule has 27 heavy (non-hydrogen) atoms. The minimum absolute atomic E-state index is 0.291. The van der Waals surface area contributed by atoms with E-state index in [2.05, 4.69) is 0 Å². The molecule has 0 aliphatic carbocycles. The highest BCUT2D eigenvalue weighted by atomic mass is 32.1. The highest BCUT2D eigenvalue weighted by Crippen LogP contribution is 2.50. The molecule has 0 radical (unpaired) electrons. The van der Waals surface area contributed by atoms with E-state index in [1.807, 2.05) is 65.4 Å². The van der Waals surface area contributed by atoms with Gasteiger partial charge in [0.1, 0.15) is 6.10 Å². The molecule has 0 unspecified atom stereocenters.